The summed E-state index contributed by atoms with van der Waals surface area (Å²) in [6.45, 7) is 0. The maximum atomic E-state index is 11.9. The molecule has 0 atom stereocenters. The molecule has 3 aromatic rings. The van der Waals surface area contributed by atoms with Gasteiger partial charge < -0.3 is 0 Å². The first-order chi connectivity index (χ1) is 12.1. The van der Waals surface area contributed by atoms with Crippen LogP contribution in [0.25, 0.3) is 17.1 Å². The van der Waals surface area contributed by atoms with Crippen molar-refractivity contribution in [2.45, 2.75) is 0 Å². The Balaban J connectivity index is 1.58. The van der Waals surface area contributed by atoms with Crippen molar-refractivity contribution in [3.8, 4) is 0 Å². The van der Waals surface area contributed by atoms with Crippen molar-refractivity contribution in [1.29, 1.82) is 0 Å². The lowest BCUT2D eigenvalue weighted by molar-refractivity contribution is -0.117. The lowest BCUT2D eigenvalue weighted by Crippen LogP contribution is -2.40. The molecule has 0 aliphatic rings. The molecule has 1 heterocycles. The number of amides is 2. The molecule has 124 valence electrons. The van der Waals surface area contributed by atoms with E-state index < -0.39 is 11.8 Å². The van der Waals surface area contributed by atoms with E-state index in [0.29, 0.717) is 11.3 Å². The highest BCUT2D eigenvalue weighted by molar-refractivity contribution is 9.10. The average molecular weight is 397 g/mol. The Morgan fingerprint density at radius 1 is 0.960 bits per heavy atom. The molecule has 0 bridgehead atoms. The minimum atomic E-state index is -0.472. The predicted octanol–water partition coefficient (Wildman–Crippen LogP) is 2.87. The summed E-state index contributed by atoms with van der Waals surface area (Å²) in [6.07, 6.45) is 4.38. The van der Waals surface area contributed by atoms with Crippen molar-refractivity contribution in [1.82, 2.24) is 20.8 Å². The van der Waals surface area contributed by atoms with Crippen LogP contribution in [0.5, 0.6) is 0 Å². The zero-order valence-electron chi connectivity index (χ0n) is 12.9. The first kappa shape index (κ1) is 16.8. The summed E-state index contributed by atoms with van der Waals surface area (Å²) in [5.74, 6) is -0.875. The Hall–Kier alpha value is -3.06. The third kappa shape index (κ3) is 4.48. The van der Waals surface area contributed by atoms with Gasteiger partial charge in [-0.15, -0.1) is 0 Å². The fourth-order valence-corrected chi connectivity index (χ4v) is 2.31. The number of nitrogens with one attached hydrogen (secondary N) is 2. The van der Waals surface area contributed by atoms with Crippen molar-refractivity contribution in [2.24, 2.45) is 0 Å². The quantitative estimate of drug-likeness (QED) is 0.526. The number of carbonyl (C=O) groups is 2. The fourth-order valence-electron chi connectivity index (χ4n) is 2.05. The van der Waals surface area contributed by atoms with Crippen LogP contribution in [0.15, 0.2) is 65.3 Å². The van der Waals surface area contributed by atoms with E-state index >= 15 is 0 Å². The van der Waals surface area contributed by atoms with Crippen molar-refractivity contribution in [3.05, 3.63) is 76.5 Å². The first-order valence-corrected chi connectivity index (χ1v) is 8.17. The molecule has 2 aromatic carbocycles. The molecule has 2 N–H and O–H groups in total. The smallest absolute Gasteiger partial charge is 0.268 e. The molecule has 25 heavy (non-hydrogen) atoms. The van der Waals surface area contributed by atoms with Crippen molar-refractivity contribution >= 4 is 44.9 Å². The van der Waals surface area contributed by atoms with Crippen LogP contribution in [0.4, 0.5) is 0 Å². The number of para-hydroxylation sites is 2. The molecule has 0 fully saturated rings. The van der Waals surface area contributed by atoms with Crippen LogP contribution >= 0.6 is 15.9 Å². The first-order valence-electron chi connectivity index (χ1n) is 7.37. The van der Waals surface area contributed by atoms with Gasteiger partial charge in [0, 0.05) is 16.1 Å². The van der Waals surface area contributed by atoms with Crippen LogP contribution in [0.1, 0.15) is 16.1 Å². The normalized spacial score (nSPS) is 10.8. The van der Waals surface area contributed by atoms with Crippen LogP contribution in [0.3, 0.4) is 0 Å². The number of halogens is 1. The summed E-state index contributed by atoms with van der Waals surface area (Å²) in [4.78, 5) is 32.3. The summed E-state index contributed by atoms with van der Waals surface area (Å²) < 4.78 is 0.868. The second-order valence-corrected chi connectivity index (χ2v) is 5.98. The molecule has 0 radical (unpaired) electrons. The molecule has 1 aromatic heterocycles. The van der Waals surface area contributed by atoms with E-state index in [1.807, 2.05) is 24.3 Å². The minimum absolute atomic E-state index is 0.403. The molecule has 2 amide bonds. The number of rotatable bonds is 3. The van der Waals surface area contributed by atoms with E-state index in [1.54, 1.807) is 30.5 Å². The van der Waals surface area contributed by atoms with Crippen LogP contribution in [0.2, 0.25) is 0 Å². The average Bonchev–Trinajstić information content (AvgIpc) is 2.65. The van der Waals surface area contributed by atoms with E-state index in [4.69, 9.17) is 0 Å². The van der Waals surface area contributed by atoms with Gasteiger partial charge in [0.15, 0.2) is 0 Å². The van der Waals surface area contributed by atoms with Gasteiger partial charge in [0.2, 0.25) is 0 Å². The molecule has 0 saturated heterocycles. The topological polar surface area (TPSA) is 84.0 Å². The van der Waals surface area contributed by atoms with Crippen LogP contribution < -0.4 is 10.9 Å². The zero-order chi connectivity index (χ0) is 17.6. The van der Waals surface area contributed by atoms with E-state index in [9.17, 15) is 9.59 Å². The molecule has 0 spiro atoms. The SMILES string of the molecule is O=C(/C=C/c1cnc2ccccc2n1)NNC(=O)c1ccc(Br)cc1. The Labute approximate surface area is 152 Å². The number of hydrogen-bond donors (Lipinski definition) is 2. The van der Waals surface area contributed by atoms with Gasteiger partial charge in [-0.2, -0.15) is 0 Å². The number of carbonyl (C=O) groups excluding carboxylic acids is 2. The summed E-state index contributed by atoms with van der Waals surface area (Å²) in [5, 5.41) is 0. The van der Waals surface area contributed by atoms with Crippen molar-refractivity contribution in [2.75, 3.05) is 0 Å². The van der Waals surface area contributed by atoms with Gasteiger partial charge in [-0.3, -0.25) is 25.4 Å². The highest BCUT2D eigenvalue weighted by Gasteiger charge is 2.05. The Morgan fingerprint density at radius 2 is 1.68 bits per heavy atom. The maximum Gasteiger partial charge on any atom is 0.269 e. The van der Waals surface area contributed by atoms with Crippen molar-refractivity contribution < 1.29 is 9.59 Å². The van der Waals surface area contributed by atoms with Crippen LogP contribution in [0, 0.1) is 0 Å². The van der Waals surface area contributed by atoms with Gasteiger partial charge in [-0.1, -0.05) is 28.1 Å². The summed E-state index contributed by atoms with van der Waals surface area (Å²) in [7, 11) is 0. The van der Waals surface area contributed by atoms with Gasteiger partial charge in [-0.05, 0) is 42.5 Å². The Morgan fingerprint density at radius 3 is 2.44 bits per heavy atom. The van der Waals surface area contributed by atoms with E-state index in [1.165, 1.54) is 12.2 Å². The monoisotopic (exact) mass is 396 g/mol. The molecule has 3 rings (SSSR count). The Bertz CT molecular complexity index is 955. The summed E-state index contributed by atoms with van der Waals surface area (Å²) >= 11 is 3.29. The number of hydrazine groups is 1. The molecular formula is C18H13BrN4O2. The number of benzene rings is 2. The molecule has 0 aliphatic carbocycles. The van der Waals surface area contributed by atoms with Gasteiger partial charge in [0.25, 0.3) is 11.8 Å². The highest BCUT2D eigenvalue weighted by atomic mass is 79.9. The number of aromatic nitrogens is 2. The molecule has 0 aliphatic heterocycles. The molecular weight excluding hydrogens is 384 g/mol. The molecule has 0 saturated carbocycles. The molecule has 7 heteroatoms. The number of nitrogens with zero attached hydrogens (tertiary/aromatic N) is 2. The number of hydrogen-bond acceptors (Lipinski definition) is 4. The van der Waals surface area contributed by atoms with E-state index in [2.05, 4.69) is 36.7 Å². The lowest BCUT2D eigenvalue weighted by atomic mass is 10.2. The highest BCUT2D eigenvalue weighted by Crippen LogP contribution is 2.10. The fraction of sp³-hybridized carbons (Fsp3) is 0. The largest absolute Gasteiger partial charge is 0.269 e. The second-order valence-electron chi connectivity index (χ2n) is 5.07. The zero-order valence-corrected chi connectivity index (χ0v) is 14.5. The minimum Gasteiger partial charge on any atom is -0.268 e. The van der Waals surface area contributed by atoms with E-state index in [-0.39, 0.29) is 0 Å². The van der Waals surface area contributed by atoms with E-state index in [0.717, 1.165) is 15.5 Å². The van der Waals surface area contributed by atoms with Gasteiger partial charge in [-0.25, -0.2) is 4.98 Å². The van der Waals surface area contributed by atoms with Gasteiger partial charge in [0.05, 0.1) is 22.9 Å². The standard InChI is InChI=1S/C18H13BrN4O2/c19-13-7-5-12(6-8-13)18(25)23-22-17(24)10-9-14-11-20-15-3-1-2-4-16(15)21-14/h1-11H,(H,22,24)(H,23,25)/b10-9+. The third-order valence-electron chi connectivity index (χ3n) is 3.28. The van der Waals surface area contributed by atoms with Gasteiger partial charge in [0.1, 0.15) is 0 Å². The predicted molar refractivity (Wildman–Crippen MR) is 98.3 cm³/mol. The van der Waals surface area contributed by atoms with Crippen molar-refractivity contribution in [3.63, 3.8) is 0 Å². The molecule has 6 nitrogen and oxygen atoms in total. The maximum absolute atomic E-state index is 11.9. The summed E-state index contributed by atoms with van der Waals surface area (Å²) in [5.41, 5.74) is 7.18. The summed E-state index contributed by atoms with van der Waals surface area (Å²) in [6, 6.07) is 14.2. The number of fused-ring (bicyclic) bond motifs is 1. The third-order valence-corrected chi connectivity index (χ3v) is 3.81. The Kier molecular flexibility index (Phi) is 5.15. The molecule has 0 unspecified atom stereocenters. The lowest BCUT2D eigenvalue weighted by Gasteiger charge is -2.05. The second kappa shape index (κ2) is 7.67. The van der Waals surface area contributed by atoms with Gasteiger partial charge >= 0.3 is 0 Å². The van der Waals surface area contributed by atoms with Crippen LogP contribution in [-0.4, -0.2) is 21.8 Å². The van der Waals surface area contributed by atoms with Crippen LogP contribution in [-0.2, 0) is 4.79 Å².